The van der Waals surface area contributed by atoms with Crippen molar-refractivity contribution in [2.45, 2.75) is 52.2 Å². The van der Waals surface area contributed by atoms with Crippen molar-refractivity contribution in [3.05, 3.63) is 75.8 Å². The van der Waals surface area contributed by atoms with E-state index in [9.17, 15) is 14.4 Å². The molecule has 188 valence electrons. The number of anilines is 1. The second-order valence-electron chi connectivity index (χ2n) is 9.35. The average molecular weight is 526 g/mol. The molecule has 36 heavy (non-hydrogen) atoms. The third-order valence-corrected chi connectivity index (χ3v) is 7.10. The predicted molar refractivity (Wildman–Crippen MR) is 145 cm³/mol. The molecule has 0 saturated carbocycles. The molecule has 1 heterocycles. The third-order valence-electron chi connectivity index (χ3n) is 6.36. The fraction of sp³-hybridized carbons (Fsp3) is 0.321. The highest BCUT2D eigenvalue weighted by atomic mass is 35.5. The largest absolute Gasteiger partial charge is 0.352 e. The zero-order chi connectivity index (χ0) is 26.0. The Kier molecular flexibility index (Phi) is 7.86. The highest BCUT2D eigenvalue weighted by Crippen LogP contribution is 2.37. The summed E-state index contributed by atoms with van der Waals surface area (Å²) >= 11 is 12.2. The molecule has 0 aromatic heterocycles. The summed E-state index contributed by atoms with van der Waals surface area (Å²) in [7, 11) is 0. The van der Waals surface area contributed by atoms with Crippen LogP contribution in [0, 0.1) is 0 Å². The summed E-state index contributed by atoms with van der Waals surface area (Å²) in [5, 5.41) is 5.67. The second-order valence-corrected chi connectivity index (χ2v) is 10.2. The minimum Gasteiger partial charge on any atom is -0.352 e. The third kappa shape index (κ3) is 5.35. The van der Waals surface area contributed by atoms with Crippen LogP contribution in [0.2, 0.25) is 10.0 Å². The molecular formula is C28H29Cl2N3O3. The lowest BCUT2D eigenvalue weighted by molar-refractivity contribution is -0.140. The Hall–Kier alpha value is -3.09. The zero-order valence-corrected chi connectivity index (χ0v) is 22.1. The fourth-order valence-corrected chi connectivity index (χ4v) is 4.88. The van der Waals surface area contributed by atoms with Crippen LogP contribution in [0.15, 0.2) is 54.6 Å². The zero-order valence-electron chi connectivity index (χ0n) is 20.6. The van der Waals surface area contributed by atoms with Crippen LogP contribution >= 0.6 is 23.2 Å². The summed E-state index contributed by atoms with van der Waals surface area (Å²) in [4.78, 5) is 42.5. The smallest absolute Gasteiger partial charge is 0.258 e. The first-order valence-electron chi connectivity index (χ1n) is 12.0. The van der Waals surface area contributed by atoms with E-state index in [1.165, 1.54) is 0 Å². The van der Waals surface area contributed by atoms with Crippen LogP contribution in [-0.2, 0) is 16.1 Å². The summed E-state index contributed by atoms with van der Waals surface area (Å²) < 4.78 is 0. The molecule has 3 aromatic carbocycles. The van der Waals surface area contributed by atoms with E-state index in [4.69, 9.17) is 23.2 Å². The van der Waals surface area contributed by atoms with Crippen molar-refractivity contribution in [2.75, 3.05) is 11.4 Å². The molecule has 0 saturated heterocycles. The van der Waals surface area contributed by atoms with Crippen molar-refractivity contribution in [3.8, 4) is 0 Å². The van der Waals surface area contributed by atoms with Gasteiger partial charge in [-0.3, -0.25) is 14.4 Å². The number of amides is 3. The van der Waals surface area contributed by atoms with Gasteiger partial charge in [0.1, 0.15) is 6.04 Å². The van der Waals surface area contributed by atoms with Gasteiger partial charge in [0.2, 0.25) is 11.8 Å². The van der Waals surface area contributed by atoms with E-state index in [0.29, 0.717) is 28.6 Å². The number of hydrogen-bond donors (Lipinski definition) is 1. The summed E-state index contributed by atoms with van der Waals surface area (Å²) in [5.41, 5.74) is 2.34. The maximum Gasteiger partial charge on any atom is 0.258 e. The molecular weight excluding hydrogens is 497 g/mol. The van der Waals surface area contributed by atoms with Crippen molar-refractivity contribution < 1.29 is 14.4 Å². The Morgan fingerprint density at radius 1 is 1.00 bits per heavy atom. The number of carbonyl (C=O) groups excluding carboxylic acids is 3. The minimum absolute atomic E-state index is 0.0487. The molecule has 3 aromatic rings. The van der Waals surface area contributed by atoms with Gasteiger partial charge in [0, 0.05) is 36.5 Å². The molecule has 0 bridgehead atoms. The van der Waals surface area contributed by atoms with Gasteiger partial charge in [-0.1, -0.05) is 53.5 Å². The average Bonchev–Trinajstić information content (AvgIpc) is 3.12. The Morgan fingerprint density at radius 2 is 1.72 bits per heavy atom. The maximum absolute atomic E-state index is 13.4. The van der Waals surface area contributed by atoms with Gasteiger partial charge >= 0.3 is 0 Å². The van der Waals surface area contributed by atoms with E-state index in [-0.39, 0.29) is 36.7 Å². The van der Waals surface area contributed by atoms with Gasteiger partial charge in [-0.15, -0.1) is 0 Å². The molecule has 1 aliphatic rings. The molecule has 0 unspecified atom stereocenters. The highest BCUT2D eigenvalue weighted by molar-refractivity contribution is 6.42. The topological polar surface area (TPSA) is 69.7 Å². The summed E-state index contributed by atoms with van der Waals surface area (Å²) in [5.74, 6) is -0.448. The first kappa shape index (κ1) is 26.0. The van der Waals surface area contributed by atoms with Crippen molar-refractivity contribution in [1.29, 1.82) is 0 Å². The fourth-order valence-electron chi connectivity index (χ4n) is 4.56. The summed E-state index contributed by atoms with van der Waals surface area (Å²) in [6.07, 6.45) is 0.655. The van der Waals surface area contributed by atoms with Crippen LogP contribution < -0.4 is 10.2 Å². The quantitative estimate of drug-likeness (QED) is 0.382. The number of nitrogens with one attached hydrogen (secondary N) is 1. The van der Waals surface area contributed by atoms with E-state index < -0.39 is 6.04 Å². The normalized spacial score (nSPS) is 13.4. The monoisotopic (exact) mass is 525 g/mol. The number of rotatable bonds is 9. The predicted octanol–water partition coefficient (Wildman–Crippen LogP) is 5.83. The van der Waals surface area contributed by atoms with Crippen LogP contribution in [0.1, 0.15) is 49.5 Å². The molecule has 4 rings (SSSR count). The Morgan fingerprint density at radius 3 is 2.42 bits per heavy atom. The molecule has 1 atom stereocenters. The molecule has 1 N–H and O–H groups in total. The molecule has 3 amide bonds. The molecule has 8 heteroatoms. The van der Waals surface area contributed by atoms with Gasteiger partial charge in [0.15, 0.2) is 0 Å². The van der Waals surface area contributed by atoms with Gasteiger partial charge in [-0.25, -0.2) is 0 Å². The molecule has 0 aliphatic carbocycles. The molecule has 0 radical (unpaired) electrons. The lowest BCUT2D eigenvalue weighted by Crippen LogP contribution is -2.49. The number of carbonyl (C=O) groups is 3. The standard InChI is InChI=1S/C28H29Cl2N3O3/c1-17(2)31-27(35)18(3)33(16-19-12-13-22(29)23(30)15-19)25(34)11-6-14-32-24-10-5-8-20-7-4-9-21(26(20)24)28(32)36/h4-5,7-10,12-13,15,17-18H,6,11,14,16H2,1-3H3,(H,31,35)/t18-/m0/s1. The number of halogens is 2. The van der Waals surface area contributed by atoms with Gasteiger partial charge in [-0.2, -0.15) is 0 Å². The van der Waals surface area contributed by atoms with Crippen LogP contribution in [0.4, 0.5) is 5.69 Å². The first-order valence-corrected chi connectivity index (χ1v) is 12.8. The Balaban J connectivity index is 1.47. The van der Waals surface area contributed by atoms with Gasteiger partial charge < -0.3 is 15.1 Å². The highest BCUT2D eigenvalue weighted by Gasteiger charge is 2.30. The van der Waals surface area contributed by atoms with E-state index in [1.54, 1.807) is 34.9 Å². The van der Waals surface area contributed by atoms with E-state index >= 15 is 0 Å². The number of hydrogen-bond acceptors (Lipinski definition) is 3. The van der Waals surface area contributed by atoms with Gasteiger partial charge in [0.05, 0.1) is 15.7 Å². The first-order chi connectivity index (χ1) is 17.2. The van der Waals surface area contributed by atoms with Gasteiger partial charge in [0.25, 0.3) is 5.91 Å². The van der Waals surface area contributed by atoms with Crippen molar-refractivity contribution in [1.82, 2.24) is 10.2 Å². The lowest BCUT2D eigenvalue weighted by atomic mass is 10.1. The van der Waals surface area contributed by atoms with Gasteiger partial charge in [-0.05, 0) is 62.4 Å². The number of benzene rings is 3. The minimum atomic E-state index is -0.680. The van der Waals surface area contributed by atoms with Crippen molar-refractivity contribution in [3.63, 3.8) is 0 Å². The summed E-state index contributed by atoms with van der Waals surface area (Å²) in [6.45, 7) is 6.10. The Bertz CT molecular complexity index is 1320. The maximum atomic E-state index is 13.4. The van der Waals surface area contributed by atoms with Crippen LogP contribution in [0.3, 0.4) is 0 Å². The molecule has 1 aliphatic heterocycles. The molecule has 0 spiro atoms. The molecule has 0 fully saturated rings. The molecule has 6 nitrogen and oxygen atoms in total. The van der Waals surface area contributed by atoms with E-state index in [0.717, 1.165) is 22.0 Å². The number of nitrogens with zero attached hydrogens (tertiary/aromatic N) is 2. The van der Waals surface area contributed by atoms with Crippen LogP contribution in [-0.4, -0.2) is 41.2 Å². The van der Waals surface area contributed by atoms with E-state index in [2.05, 4.69) is 5.32 Å². The van der Waals surface area contributed by atoms with Crippen LogP contribution in [0.5, 0.6) is 0 Å². The van der Waals surface area contributed by atoms with E-state index in [1.807, 2.05) is 50.2 Å². The van der Waals surface area contributed by atoms with Crippen molar-refractivity contribution >= 4 is 57.4 Å². The lowest BCUT2D eigenvalue weighted by Gasteiger charge is -2.30. The van der Waals surface area contributed by atoms with Crippen molar-refractivity contribution in [2.24, 2.45) is 0 Å². The SMILES string of the molecule is CC(C)NC(=O)[C@H](C)N(Cc1ccc(Cl)c(Cl)c1)C(=O)CCCN1C(=O)c2cccc3cccc1c23. The van der Waals surface area contributed by atoms with Crippen LogP contribution in [0.25, 0.3) is 10.8 Å². The second kappa shape index (κ2) is 10.9. The summed E-state index contributed by atoms with van der Waals surface area (Å²) in [6, 6.07) is 16.0. The Labute approximate surface area is 221 Å².